The minimum absolute atomic E-state index is 0.125. The van der Waals surface area contributed by atoms with Crippen molar-refractivity contribution in [3.8, 4) is 11.5 Å². The van der Waals surface area contributed by atoms with Gasteiger partial charge in [0, 0.05) is 0 Å². The molecule has 2 aromatic rings. The van der Waals surface area contributed by atoms with E-state index in [1.54, 1.807) is 25.3 Å². The second-order valence-electron chi connectivity index (χ2n) is 5.98. The van der Waals surface area contributed by atoms with Gasteiger partial charge in [-0.15, -0.1) is 0 Å². The van der Waals surface area contributed by atoms with Gasteiger partial charge >= 0.3 is 5.97 Å². The van der Waals surface area contributed by atoms with Crippen molar-refractivity contribution in [1.82, 2.24) is 9.97 Å². The van der Waals surface area contributed by atoms with E-state index in [2.05, 4.69) is 15.3 Å². The summed E-state index contributed by atoms with van der Waals surface area (Å²) in [6.07, 6.45) is 1.83. The molecule has 2 N–H and O–H groups in total. The van der Waals surface area contributed by atoms with Crippen molar-refractivity contribution < 1.29 is 19.0 Å². The summed E-state index contributed by atoms with van der Waals surface area (Å²) in [5.74, 6) is 0.437. The Morgan fingerprint density at radius 1 is 1.22 bits per heavy atom. The van der Waals surface area contributed by atoms with Crippen LogP contribution in [0.5, 0.6) is 11.5 Å². The van der Waals surface area contributed by atoms with E-state index in [1.165, 1.54) is 18.9 Å². The second-order valence-corrected chi connectivity index (χ2v) is 6.77. The van der Waals surface area contributed by atoms with Crippen LogP contribution in [0.2, 0.25) is 0 Å². The molecule has 0 aliphatic carbocycles. The molecular weight excluding hydrogens is 370 g/mol. The highest BCUT2D eigenvalue weighted by molar-refractivity contribution is 7.98. The molecule has 1 aromatic heterocycles. The molecule has 2 aliphatic heterocycles. The SMILES string of the molecule is COc1ccc(C2C3=C(COC3=O)Nc3nc(SC)[nH]c(=O)c32)cc1OC. The van der Waals surface area contributed by atoms with Crippen LogP contribution in [0.1, 0.15) is 17.0 Å². The monoisotopic (exact) mass is 387 g/mol. The van der Waals surface area contributed by atoms with E-state index in [0.29, 0.717) is 44.9 Å². The molecule has 0 amide bonds. The van der Waals surface area contributed by atoms with Crippen LogP contribution >= 0.6 is 11.8 Å². The third-order valence-corrected chi connectivity index (χ3v) is 5.19. The number of fused-ring (bicyclic) bond motifs is 1. The molecule has 1 aromatic carbocycles. The number of aromatic amines is 1. The van der Waals surface area contributed by atoms with E-state index in [1.807, 2.05) is 6.26 Å². The van der Waals surface area contributed by atoms with Crippen molar-refractivity contribution in [2.45, 2.75) is 11.1 Å². The first-order chi connectivity index (χ1) is 13.1. The van der Waals surface area contributed by atoms with Crippen LogP contribution in [0.15, 0.2) is 39.4 Å². The Labute approximate surface area is 158 Å². The number of hydrogen-bond acceptors (Lipinski definition) is 8. The Kier molecular flexibility index (Phi) is 4.31. The molecule has 0 radical (unpaired) electrons. The molecule has 4 rings (SSSR count). The van der Waals surface area contributed by atoms with E-state index >= 15 is 0 Å². The van der Waals surface area contributed by atoms with Gasteiger partial charge in [0.2, 0.25) is 0 Å². The minimum Gasteiger partial charge on any atom is -0.493 e. The number of H-pyrrole nitrogens is 1. The van der Waals surface area contributed by atoms with Crippen LogP contribution < -0.4 is 20.3 Å². The average molecular weight is 387 g/mol. The first kappa shape index (κ1) is 17.5. The molecule has 0 fully saturated rings. The lowest BCUT2D eigenvalue weighted by Gasteiger charge is -2.26. The summed E-state index contributed by atoms with van der Waals surface area (Å²) in [6, 6.07) is 5.31. The number of cyclic esters (lactones) is 1. The summed E-state index contributed by atoms with van der Waals surface area (Å²) >= 11 is 1.33. The summed E-state index contributed by atoms with van der Waals surface area (Å²) in [6.45, 7) is 0.125. The largest absolute Gasteiger partial charge is 0.493 e. The van der Waals surface area contributed by atoms with Crippen molar-refractivity contribution in [2.75, 3.05) is 32.4 Å². The molecule has 0 bridgehead atoms. The minimum atomic E-state index is -0.613. The van der Waals surface area contributed by atoms with Crippen LogP contribution in [0, 0.1) is 0 Å². The third-order valence-electron chi connectivity index (χ3n) is 4.61. The Balaban J connectivity index is 1.95. The zero-order chi connectivity index (χ0) is 19.1. The zero-order valence-corrected chi connectivity index (χ0v) is 15.7. The van der Waals surface area contributed by atoms with Gasteiger partial charge < -0.3 is 24.5 Å². The number of ether oxygens (including phenoxy) is 3. The van der Waals surface area contributed by atoms with Gasteiger partial charge in [-0.05, 0) is 24.0 Å². The number of benzene rings is 1. The second kappa shape index (κ2) is 6.66. The zero-order valence-electron chi connectivity index (χ0n) is 14.9. The Morgan fingerprint density at radius 3 is 2.70 bits per heavy atom. The number of esters is 1. The van der Waals surface area contributed by atoms with Gasteiger partial charge in [-0.25, -0.2) is 9.78 Å². The number of nitrogens with one attached hydrogen (secondary N) is 2. The molecule has 1 unspecified atom stereocenters. The predicted molar refractivity (Wildman–Crippen MR) is 99.6 cm³/mol. The van der Waals surface area contributed by atoms with Crippen molar-refractivity contribution in [3.63, 3.8) is 0 Å². The third kappa shape index (κ3) is 2.74. The van der Waals surface area contributed by atoms with Crippen molar-refractivity contribution in [2.24, 2.45) is 0 Å². The molecule has 1 atom stereocenters. The van der Waals surface area contributed by atoms with Gasteiger partial charge in [0.25, 0.3) is 5.56 Å². The number of hydrogen-bond donors (Lipinski definition) is 2. The first-order valence-electron chi connectivity index (χ1n) is 8.14. The van der Waals surface area contributed by atoms with E-state index in [9.17, 15) is 9.59 Å². The van der Waals surface area contributed by atoms with Crippen molar-refractivity contribution in [3.05, 3.63) is 50.9 Å². The van der Waals surface area contributed by atoms with Gasteiger partial charge in [-0.3, -0.25) is 4.79 Å². The summed E-state index contributed by atoms with van der Waals surface area (Å²) in [5.41, 5.74) is 1.82. The van der Waals surface area contributed by atoms with E-state index in [4.69, 9.17) is 14.2 Å². The van der Waals surface area contributed by atoms with Gasteiger partial charge in [0.1, 0.15) is 12.4 Å². The molecule has 8 nitrogen and oxygen atoms in total. The summed E-state index contributed by atoms with van der Waals surface area (Å²) in [7, 11) is 3.08. The number of carbonyl (C=O) groups excluding carboxylic acids is 1. The van der Waals surface area contributed by atoms with Crippen LogP contribution in [0.25, 0.3) is 0 Å². The maximum atomic E-state index is 12.8. The molecule has 0 saturated heterocycles. The Bertz CT molecular complexity index is 1030. The van der Waals surface area contributed by atoms with E-state index in [0.717, 1.165) is 0 Å². The molecule has 140 valence electrons. The molecule has 3 heterocycles. The van der Waals surface area contributed by atoms with Crippen LogP contribution in [-0.2, 0) is 9.53 Å². The number of carbonyl (C=O) groups is 1. The van der Waals surface area contributed by atoms with Crippen molar-refractivity contribution in [1.29, 1.82) is 0 Å². The Morgan fingerprint density at radius 2 is 2.00 bits per heavy atom. The van der Waals surface area contributed by atoms with Gasteiger partial charge in [0.15, 0.2) is 16.7 Å². The number of methoxy groups -OCH3 is 2. The number of anilines is 1. The Hall–Kier alpha value is -2.94. The highest BCUT2D eigenvalue weighted by Crippen LogP contribution is 2.44. The van der Waals surface area contributed by atoms with Crippen LogP contribution in [0.4, 0.5) is 5.82 Å². The maximum absolute atomic E-state index is 12.8. The normalized spacial score (nSPS) is 17.7. The molecule has 9 heteroatoms. The number of rotatable bonds is 4. The number of aromatic nitrogens is 2. The topological polar surface area (TPSA) is 103 Å². The van der Waals surface area contributed by atoms with Gasteiger partial charge in [-0.2, -0.15) is 0 Å². The molecule has 27 heavy (non-hydrogen) atoms. The maximum Gasteiger partial charge on any atom is 0.337 e. The fourth-order valence-corrected chi connectivity index (χ4v) is 3.76. The molecule has 2 aliphatic rings. The van der Waals surface area contributed by atoms with Gasteiger partial charge in [-0.1, -0.05) is 17.8 Å². The summed E-state index contributed by atoms with van der Waals surface area (Å²) in [4.78, 5) is 32.4. The highest BCUT2D eigenvalue weighted by Gasteiger charge is 2.41. The number of thioether (sulfide) groups is 1. The van der Waals surface area contributed by atoms with Crippen LogP contribution in [0.3, 0.4) is 0 Å². The standard InChI is InChI=1S/C18H17N3O5S/c1-24-10-5-4-8(6-11(10)25-2)12-13-9(7-26-17(13)23)19-15-14(12)16(22)21-18(20-15)27-3/h4-6,12H,7H2,1-3H3,(H2,19,20,21,22). The fourth-order valence-electron chi connectivity index (χ4n) is 3.39. The lowest BCUT2D eigenvalue weighted by Crippen LogP contribution is -2.29. The lowest BCUT2D eigenvalue weighted by molar-refractivity contribution is -0.136. The van der Waals surface area contributed by atoms with Crippen molar-refractivity contribution >= 4 is 23.5 Å². The van der Waals surface area contributed by atoms with Gasteiger partial charge in [0.05, 0.1) is 37.0 Å². The fraction of sp³-hybridized carbons (Fsp3) is 0.278. The first-order valence-corrected chi connectivity index (χ1v) is 9.37. The smallest absolute Gasteiger partial charge is 0.337 e. The molecule has 0 saturated carbocycles. The highest BCUT2D eigenvalue weighted by atomic mass is 32.2. The summed E-state index contributed by atoms with van der Waals surface area (Å²) < 4.78 is 15.9. The van der Waals surface area contributed by atoms with Crippen LogP contribution in [-0.4, -0.2) is 43.0 Å². The number of nitrogens with zero attached hydrogens (tertiary/aromatic N) is 1. The van der Waals surface area contributed by atoms with E-state index < -0.39 is 11.9 Å². The van der Waals surface area contributed by atoms with E-state index in [-0.39, 0.29) is 12.2 Å². The predicted octanol–water partition coefficient (Wildman–Crippen LogP) is 1.88. The summed E-state index contributed by atoms with van der Waals surface area (Å²) in [5, 5.41) is 3.58. The average Bonchev–Trinajstić information content (AvgIpc) is 3.06. The molecule has 0 spiro atoms. The lowest BCUT2D eigenvalue weighted by atomic mass is 9.83. The quantitative estimate of drug-likeness (QED) is 0.466. The molecular formula is C18H17N3O5S.